The summed E-state index contributed by atoms with van der Waals surface area (Å²) in [6, 6.07) is 3.18. The molecule has 0 aliphatic heterocycles. The average molecular weight is 219 g/mol. The fraction of sp³-hybridized carbons (Fsp3) is 0.250. The molecular weight excluding hydrogens is 211 g/mol. The summed E-state index contributed by atoms with van der Waals surface area (Å²) < 4.78 is 0. The average Bonchev–Trinajstić information content (AvgIpc) is 2.15. The molecule has 0 unspecified atom stereocenters. The number of hydrogen-bond donors (Lipinski definition) is 1. The Labute approximate surface area is 86.1 Å². The van der Waals surface area contributed by atoms with Crippen molar-refractivity contribution in [3.63, 3.8) is 0 Å². The highest BCUT2D eigenvalue weighted by molar-refractivity contribution is 6.29. The SMILES string of the molecule is O=C(NCCCl)c1ccc(Cl)nc1. The largest absolute Gasteiger partial charge is 0.351 e. The molecule has 0 atom stereocenters. The second-order valence-corrected chi connectivity index (χ2v) is 3.08. The van der Waals surface area contributed by atoms with E-state index in [2.05, 4.69) is 10.3 Å². The van der Waals surface area contributed by atoms with Crippen molar-refractivity contribution in [2.24, 2.45) is 0 Å². The number of halogens is 2. The van der Waals surface area contributed by atoms with Gasteiger partial charge in [0, 0.05) is 18.6 Å². The van der Waals surface area contributed by atoms with Crippen LogP contribution in [0.1, 0.15) is 10.4 Å². The van der Waals surface area contributed by atoms with Gasteiger partial charge in [0.25, 0.3) is 5.91 Å². The summed E-state index contributed by atoms with van der Waals surface area (Å²) in [4.78, 5) is 15.0. The number of carbonyl (C=O) groups is 1. The minimum Gasteiger partial charge on any atom is -0.351 e. The molecule has 0 bridgehead atoms. The van der Waals surface area contributed by atoms with Crippen molar-refractivity contribution < 1.29 is 4.79 Å². The maximum atomic E-state index is 11.3. The molecule has 3 nitrogen and oxygen atoms in total. The van der Waals surface area contributed by atoms with E-state index in [0.717, 1.165) is 0 Å². The molecule has 70 valence electrons. The maximum absolute atomic E-state index is 11.3. The predicted molar refractivity (Wildman–Crippen MR) is 52.3 cm³/mol. The topological polar surface area (TPSA) is 42.0 Å². The Morgan fingerprint density at radius 3 is 2.85 bits per heavy atom. The fourth-order valence-electron chi connectivity index (χ4n) is 0.773. The van der Waals surface area contributed by atoms with Crippen LogP contribution in [0.3, 0.4) is 0 Å². The number of nitrogens with zero attached hydrogens (tertiary/aromatic N) is 1. The van der Waals surface area contributed by atoms with E-state index < -0.39 is 0 Å². The van der Waals surface area contributed by atoms with Crippen molar-refractivity contribution >= 4 is 29.1 Å². The Bertz CT molecular complexity index is 287. The lowest BCUT2D eigenvalue weighted by molar-refractivity contribution is 0.0955. The molecule has 0 aliphatic rings. The first kappa shape index (κ1) is 10.3. The second-order valence-electron chi connectivity index (χ2n) is 2.31. The van der Waals surface area contributed by atoms with Crippen LogP contribution in [0.25, 0.3) is 0 Å². The van der Waals surface area contributed by atoms with Gasteiger partial charge < -0.3 is 5.32 Å². The monoisotopic (exact) mass is 218 g/mol. The molecule has 0 aromatic carbocycles. The van der Waals surface area contributed by atoms with Gasteiger partial charge in [-0.15, -0.1) is 11.6 Å². The van der Waals surface area contributed by atoms with Gasteiger partial charge >= 0.3 is 0 Å². The molecule has 5 heteroatoms. The van der Waals surface area contributed by atoms with E-state index in [-0.39, 0.29) is 5.91 Å². The van der Waals surface area contributed by atoms with Crippen LogP contribution in [0.5, 0.6) is 0 Å². The number of pyridine rings is 1. The standard InChI is InChI=1S/C8H8Cl2N2O/c9-3-4-11-8(13)6-1-2-7(10)12-5-6/h1-2,5H,3-4H2,(H,11,13). The van der Waals surface area contributed by atoms with Gasteiger partial charge in [-0.2, -0.15) is 0 Å². The van der Waals surface area contributed by atoms with Gasteiger partial charge in [0.15, 0.2) is 0 Å². The summed E-state index contributed by atoms with van der Waals surface area (Å²) in [6.07, 6.45) is 1.42. The van der Waals surface area contributed by atoms with Crippen LogP contribution in [0, 0.1) is 0 Å². The third-order valence-electron chi connectivity index (χ3n) is 1.37. The highest BCUT2D eigenvalue weighted by atomic mass is 35.5. The zero-order chi connectivity index (χ0) is 9.68. The minimum absolute atomic E-state index is 0.190. The van der Waals surface area contributed by atoms with E-state index >= 15 is 0 Å². The van der Waals surface area contributed by atoms with E-state index in [0.29, 0.717) is 23.1 Å². The second kappa shape index (κ2) is 5.04. The van der Waals surface area contributed by atoms with Gasteiger partial charge in [-0.25, -0.2) is 4.98 Å². The van der Waals surface area contributed by atoms with E-state index in [1.807, 2.05) is 0 Å². The molecule has 1 aromatic heterocycles. The fourth-order valence-corrected chi connectivity index (χ4v) is 0.979. The lowest BCUT2D eigenvalue weighted by Gasteiger charge is -2.01. The Hall–Kier alpha value is -0.800. The minimum atomic E-state index is -0.190. The molecule has 0 saturated heterocycles. The van der Waals surface area contributed by atoms with E-state index in [4.69, 9.17) is 23.2 Å². The van der Waals surface area contributed by atoms with Crippen LogP contribution in [-0.2, 0) is 0 Å². The van der Waals surface area contributed by atoms with Crippen LogP contribution in [0.15, 0.2) is 18.3 Å². The molecule has 13 heavy (non-hydrogen) atoms. The molecule has 0 aliphatic carbocycles. The molecule has 0 spiro atoms. The lowest BCUT2D eigenvalue weighted by atomic mass is 10.3. The molecule has 1 aromatic rings. The Morgan fingerprint density at radius 2 is 2.31 bits per heavy atom. The number of nitrogens with one attached hydrogen (secondary N) is 1. The van der Waals surface area contributed by atoms with Crippen LogP contribution in [0.4, 0.5) is 0 Å². The van der Waals surface area contributed by atoms with Crippen molar-refractivity contribution in [3.05, 3.63) is 29.0 Å². The van der Waals surface area contributed by atoms with Crippen LogP contribution in [-0.4, -0.2) is 23.3 Å². The van der Waals surface area contributed by atoms with Gasteiger partial charge in [-0.3, -0.25) is 4.79 Å². The maximum Gasteiger partial charge on any atom is 0.252 e. The summed E-state index contributed by atoms with van der Waals surface area (Å²) in [5, 5.41) is 2.98. The molecule has 0 saturated carbocycles. The summed E-state index contributed by atoms with van der Waals surface area (Å²) in [5.41, 5.74) is 0.481. The van der Waals surface area contributed by atoms with Crippen LogP contribution >= 0.6 is 23.2 Å². The van der Waals surface area contributed by atoms with Crippen molar-refractivity contribution in [3.8, 4) is 0 Å². The molecule has 0 fully saturated rings. The Kier molecular flexibility index (Phi) is 3.99. The molecular formula is C8H8Cl2N2O. The first-order valence-corrected chi connectivity index (χ1v) is 4.61. The summed E-state index contributed by atoms with van der Waals surface area (Å²) in [5.74, 6) is 0.206. The van der Waals surface area contributed by atoms with E-state index in [1.165, 1.54) is 6.20 Å². The Morgan fingerprint density at radius 1 is 1.54 bits per heavy atom. The first-order chi connectivity index (χ1) is 6.24. The molecule has 1 rings (SSSR count). The quantitative estimate of drug-likeness (QED) is 0.621. The normalized spacial score (nSPS) is 9.69. The highest BCUT2D eigenvalue weighted by Crippen LogP contribution is 2.04. The van der Waals surface area contributed by atoms with Gasteiger partial charge in [-0.05, 0) is 12.1 Å². The number of amides is 1. The molecule has 1 amide bonds. The summed E-state index contributed by atoms with van der Waals surface area (Å²) in [6.45, 7) is 0.447. The summed E-state index contributed by atoms with van der Waals surface area (Å²) in [7, 11) is 0. The third-order valence-corrected chi connectivity index (χ3v) is 1.78. The number of rotatable bonds is 3. The number of aromatic nitrogens is 1. The number of carbonyl (C=O) groups excluding carboxylic acids is 1. The van der Waals surface area contributed by atoms with Crippen LogP contribution in [0.2, 0.25) is 5.15 Å². The lowest BCUT2D eigenvalue weighted by Crippen LogP contribution is -2.25. The van der Waals surface area contributed by atoms with Gasteiger partial charge in [0.1, 0.15) is 5.15 Å². The number of alkyl halides is 1. The first-order valence-electron chi connectivity index (χ1n) is 3.70. The van der Waals surface area contributed by atoms with Gasteiger partial charge in [0.2, 0.25) is 0 Å². The van der Waals surface area contributed by atoms with Crippen molar-refractivity contribution in [2.75, 3.05) is 12.4 Å². The van der Waals surface area contributed by atoms with Crippen LogP contribution < -0.4 is 5.32 Å². The Balaban J connectivity index is 2.61. The molecule has 1 N–H and O–H groups in total. The molecule has 0 radical (unpaired) electrons. The van der Waals surface area contributed by atoms with Gasteiger partial charge in [0.05, 0.1) is 5.56 Å². The van der Waals surface area contributed by atoms with Crippen molar-refractivity contribution in [1.82, 2.24) is 10.3 Å². The van der Waals surface area contributed by atoms with Gasteiger partial charge in [-0.1, -0.05) is 11.6 Å². The number of hydrogen-bond acceptors (Lipinski definition) is 2. The summed E-state index contributed by atoms with van der Waals surface area (Å²) >= 11 is 11.0. The van der Waals surface area contributed by atoms with E-state index in [9.17, 15) is 4.79 Å². The van der Waals surface area contributed by atoms with E-state index in [1.54, 1.807) is 12.1 Å². The highest BCUT2D eigenvalue weighted by Gasteiger charge is 2.03. The third kappa shape index (κ3) is 3.20. The van der Waals surface area contributed by atoms with Crippen molar-refractivity contribution in [2.45, 2.75) is 0 Å². The van der Waals surface area contributed by atoms with Crippen molar-refractivity contribution in [1.29, 1.82) is 0 Å². The zero-order valence-corrected chi connectivity index (χ0v) is 8.27. The molecule has 1 heterocycles. The predicted octanol–water partition coefficient (Wildman–Crippen LogP) is 1.70. The smallest absolute Gasteiger partial charge is 0.252 e. The zero-order valence-electron chi connectivity index (χ0n) is 6.76.